The van der Waals surface area contributed by atoms with E-state index in [1.807, 2.05) is 0 Å². The number of piperidine rings is 1. The van der Waals surface area contributed by atoms with Crippen molar-refractivity contribution in [2.24, 2.45) is 0 Å². The van der Waals surface area contributed by atoms with Crippen molar-refractivity contribution < 1.29 is 17.3 Å². The van der Waals surface area contributed by atoms with E-state index >= 15 is 0 Å². The first kappa shape index (κ1) is 16.6. The number of rotatable bonds is 0. The van der Waals surface area contributed by atoms with Crippen molar-refractivity contribution >= 4 is 22.1 Å². The maximum atomic E-state index is 4.76. The molecule has 1 saturated heterocycles. The van der Waals surface area contributed by atoms with E-state index in [4.69, 9.17) is 15.0 Å². The summed E-state index contributed by atoms with van der Waals surface area (Å²) in [5.74, 6) is 0. The standard InChI is InChI=1S/C9H18N.2ClH.Zn/c1-8(2)6-5-7-9(3,4)10-8;;;/h5-7H2,1-4H3;2*1H;/q-1;;;+2/p-1. The molecule has 0 aliphatic carbocycles. The van der Waals surface area contributed by atoms with Gasteiger partial charge in [0.15, 0.2) is 0 Å². The van der Waals surface area contributed by atoms with E-state index in [-0.39, 0.29) is 23.5 Å². The van der Waals surface area contributed by atoms with Crippen molar-refractivity contribution in [2.45, 2.75) is 58.0 Å². The topological polar surface area (TPSA) is 14.1 Å². The molecule has 76 valence electrons. The molecule has 0 spiro atoms. The molecule has 0 unspecified atom stereocenters. The zero-order chi connectivity index (χ0) is 9.83. The summed E-state index contributed by atoms with van der Waals surface area (Å²) in [4.78, 5) is 0. The number of hydrogen-bond acceptors (Lipinski definition) is 0. The molecule has 1 aliphatic heterocycles. The molecule has 4 heteroatoms. The number of halogens is 2. The van der Waals surface area contributed by atoms with Gasteiger partial charge in [0, 0.05) is 0 Å². The molecule has 0 aromatic rings. The SMILES string of the molecule is CC1(C)CCCC(C)(C)[N-]1.Cl.[Cl][Zn+]. The Kier molecular flexibility index (Phi) is 8.44. The first-order chi connectivity index (χ1) is 5.41. The Labute approximate surface area is 103 Å². The van der Waals surface area contributed by atoms with E-state index in [0.29, 0.717) is 0 Å². The van der Waals surface area contributed by atoms with Gasteiger partial charge in [0.05, 0.1) is 0 Å². The van der Waals surface area contributed by atoms with Crippen LogP contribution in [0.4, 0.5) is 0 Å². The van der Waals surface area contributed by atoms with Gasteiger partial charge in [0.25, 0.3) is 0 Å². The van der Waals surface area contributed by atoms with Crippen LogP contribution in [0.15, 0.2) is 0 Å². The van der Waals surface area contributed by atoms with Crippen LogP contribution >= 0.6 is 22.1 Å². The fraction of sp³-hybridized carbons (Fsp3) is 1.00. The van der Waals surface area contributed by atoms with Crippen LogP contribution in [0, 0.1) is 0 Å². The Morgan fingerprint density at radius 3 is 1.46 bits per heavy atom. The summed E-state index contributed by atoms with van der Waals surface area (Å²) in [6, 6.07) is 0. The molecule has 1 nitrogen and oxygen atoms in total. The van der Waals surface area contributed by atoms with Crippen molar-refractivity contribution in [2.75, 3.05) is 0 Å². The molecule has 0 bridgehead atoms. The molecule has 1 fully saturated rings. The van der Waals surface area contributed by atoms with E-state index < -0.39 is 0 Å². The van der Waals surface area contributed by atoms with Crippen molar-refractivity contribution in [3.63, 3.8) is 0 Å². The second-order valence-electron chi connectivity index (χ2n) is 4.59. The summed E-state index contributed by atoms with van der Waals surface area (Å²) >= 11 is 0.847. The van der Waals surface area contributed by atoms with Gasteiger partial charge in [0.2, 0.25) is 0 Å². The Morgan fingerprint density at radius 2 is 1.31 bits per heavy atom. The summed E-state index contributed by atoms with van der Waals surface area (Å²) < 4.78 is 0. The molecular formula is C9H19Cl2NZn. The first-order valence-electron chi connectivity index (χ1n) is 4.42. The monoisotopic (exact) mass is 275 g/mol. The van der Waals surface area contributed by atoms with E-state index in [2.05, 4.69) is 27.7 Å². The molecule has 0 aromatic carbocycles. The second-order valence-corrected chi connectivity index (χ2v) is 4.59. The fourth-order valence-electron chi connectivity index (χ4n) is 1.88. The molecule has 0 amide bonds. The molecule has 0 atom stereocenters. The summed E-state index contributed by atoms with van der Waals surface area (Å²) in [6.45, 7) is 8.92. The first-order valence-corrected chi connectivity index (χ1v) is 8.32. The van der Waals surface area contributed by atoms with Gasteiger partial charge >= 0.3 is 27.0 Å². The number of hydrogen-bond donors (Lipinski definition) is 0. The Hall–Kier alpha value is 1.16. The van der Waals surface area contributed by atoms with Crippen LogP contribution in [0.5, 0.6) is 0 Å². The number of nitrogens with zero attached hydrogens (tertiary/aromatic N) is 1. The predicted molar refractivity (Wildman–Crippen MR) is 58.5 cm³/mol. The van der Waals surface area contributed by atoms with Crippen LogP contribution in [-0.2, 0) is 17.3 Å². The van der Waals surface area contributed by atoms with E-state index in [1.165, 1.54) is 19.3 Å². The van der Waals surface area contributed by atoms with E-state index in [9.17, 15) is 0 Å². The van der Waals surface area contributed by atoms with Crippen molar-refractivity contribution in [1.29, 1.82) is 0 Å². The van der Waals surface area contributed by atoms with Gasteiger partial charge in [-0.3, -0.25) is 0 Å². The molecule has 0 N–H and O–H groups in total. The average molecular weight is 278 g/mol. The summed E-state index contributed by atoms with van der Waals surface area (Å²) in [7, 11) is 4.76. The van der Waals surface area contributed by atoms with Gasteiger partial charge in [-0.05, 0) is 0 Å². The van der Waals surface area contributed by atoms with Crippen molar-refractivity contribution in [1.82, 2.24) is 0 Å². The molecule has 1 heterocycles. The molecular weight excluding hydrogens is 258 g/mol. The van der Waals surface area contributed by atoms with Crippen molar-refractivity contribution in [3.8, 4) is 0 Å². The minimum atomic E-state index is 0. The average Bonchev–Trinajstić information content (AvgIpc) is 1.86. The second kappa shape index (κ2) is 6.61. The molecule has 0 aromatic heterocycles. The van der Waals surface area contributed by atoms with Crippen LogP contribution in [0.25, 0.3) is 5.32 Å². The van der Waals surface area contributed by atoms with E-state index in [1.54, 1.807) is 0 Å². The third-order valence-electron chi connectivity index (χ3n) is 2.18. The zero-order valence-corrected chi connectivity index (χ0v) is 13.6. The Bertz CT molecular complexity index is 124. The van der Waals surface area contributed by atoms with Gasteiger partial charge in [-0.1, -0.05) is 47.0 Å². The Morgan fingerprint density at radius 1 is 1.00 bits per heavy atom. The molecule has 1 aliphatic rings. The molecule has 1 rings (SSSR count). The third-order valence-corrected chi connectivity index (χ3v) is 2.18. The van der Waals surface area contributed by atoms with Gasteiger partial charge in [-0.25, -0.2) is 0 Å². The van der Waals surface area contributed by atoms with E-state index in [0.717, 1.165) is 17.3 Å². The quantitative estimate of drug-likeness (QED) is 0.589. The fourth-order valence-corrected chi connectivity index (χ4v) is 1.88. The molecule has 13 heavy (non-hydrogen) atoms. The molecule has 0 saturated carbocycles. The normalized spacial score (nSPS) is 23.6. The van der Waals surface area contributed by atoms with Gasteiger partial charge < -0.3 is 5.32 Å². The minimum absolute atomic E-state index is 0. The maximum absolute atomic E-state index is 4.76. The predicted octanol–water partition coefficient (Wildman–Crippen LogP) is 4.21. The van der Waals surface area contributed by atoms with Gasteiger partial charge in [-0.2, -0.15) is 0 Å². The van der Waals surface area contributed by atoms with Crippen molar-refractivity contribution in [3.05, 3.63) is 5.32 Å². The zero-order valence-electron chi connectivity index (χ0n) is 9.06. The van der Waals surface area contributed by atoms with Crippen LogP contribution in [0.2, 0.25) is 0 Å². The van der Waals surface area contributed by atoms with Crippen LogP contribution < -0.4 is 0 Å². The van der Waals surface area contributed by atoms with Crippen LogP contribution in [0.1, 0.15) is 47.0 Å². The van der Waals surface area contributed by atoms with Gasteiger partial charge in [-0.15, -0.1) is 23.5 Å². The summed E-state index contributed by atoms with van der Waals surface area (Å²) in [5.41, 5.74) is 0.476. The van der Waals surface area contributed by atoms with Gasteiger partial charge in [0.1, 0.15) is 0 Å². The third kappa shape index (κ3) is 7.13. The summed E-state index contributed by atoms with van der Waals surface area (Å²) in [6.07, 6.45) is 3.86. The summed E-state index contributed by atoms with van der Waals surface area (Å²) in [5, 5.41) is 4.75. The Balaban J connectivity index is 0. The van der Waals surface area contributed by atoms with Crippen LogP contribution in [-0.4, -0.2) is 11.1 Å². The molecule has 0 radical (unpaired) electrons. The van der Waals surface area contributed by atoms with Crippen LogP contribution in [0.3, 0.4) is 0 Å².